The molecule has 1 unspecified atom stereocenters. The van der Waals surface area contributed by atoms with Gasteiger partial charge in [0.15, 0.2) is 17.2 Å². The van der Waals surface area contributed by atoms with Crippen molar-refractivity contribution in [3.05, 3.63) is 71.3 Å². The largest absolute Gasteiger partial charge is 0.496 e. The average Bonchev–Trinajstić information content (AvgIpc) is 3.85. The second-order valence-corrected chi connectivity index (χ2v) is 11.3. The quantitative estimate of drug-likeness (QED) is 0.0976. The number of hydrogen-bond acceptors (Lipinski definition) is 7. The monoisotopic (exact) mass is 776 g/mol. The van der Waals surface area contributed by atoms with Crippen LogP contribution >= 0.6 is 0 Å². The fraction of sp³-hybridized carbons (Fsp3) is 0.472. The number of nitrogens with zero attached hydrogens (tertiary/aromatic N) is 4. The summed E-state index contributed by atoms with van der Waals surface area (Å²) in [6, 6.07) is 8.93. The molecule has 2 aromatic heterocycles. The summed E-state index contributed by atoms with van der Waals surface area (Å²) in [6.45, 7) is 1.60. The number of benzene rings is 2. The van der Waals surface area contributed by atoms with Crippen LogP contribution in [-0.2, 0) is 30.2 Å². The third-order valence-electron chi connectivity index (χ3n) is 7.55. The normalized spacial score (nSPS) is 14.4. The minimum absolute atomic E-state index is 0. The molecular weight excluding hydrogens is 731 g/mol. The van der Waals surface area contributed by atoms with Crippen LogP contribution in [0.4, 0.5) is 35.1 Å². The van der Waals surface area contributed by atoms with E-state index in [2.05, 4.69) is 9.97 Å². The standard InChI is InChI=1S/C15H16F4N2O2.C15H14F4N2O2.C4H7BO.2CH4/c2*1-9(22)10-3-4-11(12(7-10)23-2)14-20-13(15(17,18)19)8-21(14)6-5-16;5-4-2-1-3-6-4;;/h3-4,7-9,22H,5-6H2,1-2H3;3-4,7-8H,5-6H2,1-2H3;4H,1-3H2;2*1H4/t9-;;;;/m1..../s1. The first-order valence-electron chi connectivity index (χ1n) is 15.8. The van der Waals surface area contributed by atoms with Gasteiger partial charge in [-0.1, -0.05) is 27.0 Å². The van der Waals surface area contributed by atoms with Crippen LogP contribution in [0, 0.1) is 0 Å². The van der Waals surface area contributed by atoms with Gasteiger partial charge in [-0.15, -0.1) is 0 Å². The van der Waals surface area contributed by atoms with Gasteiger partial charge in [-0.05, 0) is 56.5 Å². The number of alkyl halides is 8. The number of methoxy groups -OCH3 is 2. The average molecular weight is 777 g/mol. The van der Waals surface area contributed by atoms with Gasteiger partial charge in [0, 0.05) is 30.6 Å². The van der Waals surface area contributed by atoms with Crippen molar-refractivity contribution in [3.63, 3.8) is 0 Å². The highest BCUT2D eigenvalue weighted by molar-refractivity contribution is 6.11. The van der Waals surface area contributed by atoms with E-state index in [1.165, 1.54) is 51.5 Å². The van der Waals surface area contributed by atoms with Crippen molar-refractivity contribution in [1.29, 1.82) is 0 Å². The van der Waals surface area contributed by atoms with Gasteiger partial charge in [0.1, 0.15) is 44.3 Å². The number of hydrogen-bond donors (Lipinski definition) is 1. The molecule has 5 rings (SSSR count). The van der Waals surface area contributed by atoms with Crippen LogP contribution in [0.15, 0.2) is 48.8 Å². The predicted molar refractivity (Wildman–Crippen MR) is 189 cm³/mol. The fourth-order valence-electron chi connectivity index (χ4n) is 4.91. The lowest BCUT2D eigenvalue weighted by atomic mass is 9.98. The summed E-state index contributed by atoms with van der Waals surface area (Å²) < 4.78 is 120. The van der Waals surface area contributed by atoms with E-state index in [1.54, 1.807) is 13.0 Å². The van der Waals surface area contributed by atoms with E-state index < -0.39 is 43.2 Å². The van der Waals surface area contributed by atoms with Gasteiger partial charge < -0.3 is 28.5 Å². The molecule has 2 radical (unpaired) electrons. The Bertz CT molecular complexity index is 1770. The van der Waals surface area contributed by atoms with Crippen LogP contribution in [-0.4, -0.2) is 78.0 Å². The molecule has 0 bridgehead atoms. The van der Waals surface area contributed by atoms with Gasteiger partial charge in [-0.2, -0.15) is 26.3 Å². The number of rotatable bonds is 10. The number of Topliss-reactive ketones (excluding diaryl/α,β-unsaturated/α-hetero) is 1. The first kappa shape index (κ1) is 47.6. The van der Waals surface area contributed by atoms with Crippen LogP contribution in [0.2, 0.25) is 0 Å². The molecule has 2 atom stereocenters. The number of halogens is 8. The van der Waals surface area contributed by atoms with Gasteiger partial charge >= 0.3 is 12.4 Å². The van der Waals surface area contributed by atoms with Gasteiger partial charge in [0.2, 0.25) is 0 Å². The van der Waals surface area contributed by atoms with Crippen molar-refractivity contribution in [1.82, 2.24) is 19.1 Å². The maximum absolute atomic E-state index is 12.9. The first-order chi connectivity index (χ1) is 24.4. The molecule has 2 aromatic carbocycles. The molecular formula is C36H45BF8N4O5. The predicted octanol–water partition coefficient (Wildman–Crippen LogP) is 8.91. The Morgan fingerprint density at radius 1 is 0.889 bits per heavy atom. The van der Waals surface area contributed by atoms with Crippen molar-refractivity contribution in [2.24, 2.45) is 0 Å². The molecule has 1 aliphatic rings. The summed E-state index contributed by atoms with van der Waals surface area (Å²) in [6.07, 6.45) is -6.30. The highest BCUT2D eigenvalue weighted by atomic mass is 19.4. The Morgan fingerprint density at radius 2 is 1.35 bits per heavy atom. The smallest absolute Gasteiger partial charge is 0.434 e. The number of aromatic nitrogens is 4. The summed E-state index contributed by atoms with van der Waals surface area (Å²) in [5.74, 6) is 0.129. The Labute approximate surface area is 310 Å². The molecule has 1 saturated heterocycles. The molecule has 4 aromatic rings. The molecule has 0 aliphatic carbocycles. The number of carbonyl (C=O) groups is 1. The summed E-state index contributed by atoms with van der Waals surface area (Å²) in [5.41, 5.74) is -0.765. The van der Waals surface area contributed by atoms with Gasteiger partial charge in [0.05, 0.1) is 44.5 Å². The molecule has 0 spiro atoms. The lowest BCUT2D eigenvalue weighted by molar-refractivity contribution is -0.141. The van der Waals surface area contributed by atoms with E-state index in [1.807, 2.05) is 0 Å². The minimum atomic E-state index is -4.64. The van der Waals surface area contributed by atoms with E-state index in [-0.39, 0.29) is 68.4 Å². The lowest BCUT2D eigenvalue weighted by Crippen LogP contribution is -2.05. The second-order valence-electron chi connectivity index (χ2n) is 11.3. The highest BCUT2D eigenvalue weighted by Gasteiger charge is 2.36. The van der Waals surface area contributed by atoms with E-state index >= 15 is 0 Å². The van der Waals surface area contributed by atoms with Gasteiger partial charge in [-0.3, -0.25) is 4.79 Å². The molecule has 1 N–H and O–H groups in total. The zero-order valence-corrected chi connectivity index (χ0v) is 28.7. The maximum Gasteiger partial charge on any atom is 0.434 e. The third kappa shape index (κ3) is 12.6. The number of carbonyl (C=O) groups excluding carboxylic acids is 1. The number of aliphatic hydroxyl groups excluding tert-OH is 1. The van der Waals surface area contributed by atoms with Crippen LogP contribution in [0.3, 0.4) is 0 Å². The molecule has 0 saturated carbocycles. The molecule has 54 heavy (non-hydrogen) atoms. The number of ketones is 1. The number of imidazole rings is 2. The number of ether oxygens (including phenoxy) is 3. The summed E-state index contributed by atoms with van der Waals surface area (Å²) in [7, 11) is 8.00. The first-order valence-corrected chi connectivity index (χ1v) is 15.8. The number of aryl methyl sites for hydroxylation is 2. The molecule has 0 amide bonds. The molecule has 1 fully saturated rings. The van der Waals surface area contributed by atoms with E-state index in [9.17, 15) is 45.0 Å². The SMILES string of the molecule is C.C.COc1cc(C(C)=O)ccc1-c1nc(C(F)(F)F)cn1CCF.COc1cc([C@@H](C)O)ccc1-c1nc(C(F)(F)F)cn1CCF.[B]C1CCCO1. The summed E-state index contributed by atoms with van der Waals surface area (Å²) >= 11 is 0. The Balaban J connectivity index is 0.000000452. The number of aliphatic hydroxyl groups is 1. The van der Waals surface area contributed by atoms with Crippen molar-refractivity contribution in [2.75, 3.05) is 34.2 Å². The molecule has 298 valence electrons. The van der Waals surface area contributed by atoms with Crippen molar-refractivity contribution in [2.45, 2.75) is 79.1 Å². The molecule has 3 heterocycles. The zero-order chi connectivity index (χ0) is 38.8. The van der Waals surface area contributed by atoms with Crippen molar-refractivity contribution in [3.8, 4) is 34.3 Å². The zero-order valence-electron chi connectivity index (χ0n) is 28.7. The van der Waals surface area contributed by atoms with Gasteiger partial charge in [-0.25, -0.2) is 18.7 Å². The fourth-order valence-corrected chi connectivity index (χ4v) is 4.91. The van der Waals surface area contributed by atoms with Crippen LogP contribution in [0.25, 0.3) is 22.8 Å². The Kier molecular flexibility index (Phi) is 18.4. The second kappa shape index (κ2) is 20.9. The minimum Gasteiger partial charge on any atom is -0.496 e. The molecule has 1 aliphatic heterocycles. The summed E-state index contributed by atoms with van der Waals surface area (Å²) in [4.78, 5) is 18.5. The van der Waals surface area contributed by atoms with Gasteiger partial charge in [0.25, 0.3) is 0 Å². The highest BCUT2D eigenvalue weighted by Crippen LogP contribution is 2.37. The van der Waals surface area contributed by atoms with E-state index in [4.69, 9.17) is 22.1 Å². The Hall–Kier alpha value is -4.45. The third-order valence-corrected chi connectivity index (χ3v) is 7.55. The van der Waals surface area contributed by atoms with Crippen LogP contribution in [0.1, 0.15) is 75.0 Å². The Morgan fingerprint density at radius 3 is 1.69 bits per heavy atom. The van der Waals surface area contributed by atoms with Crippen LogP contribution in [0.5, 0.6) is 11.5 Å². The van der Waals surface area contributed by atoms with Crippen molar-refractivity contribution >= 4 is 13.6 Å². The topological polar surface area (TPSA) is 101 Å². The van der Waals surface area contributed by atoms with Crippen LogP contribution < -0.4 is 9.47 Å². The summed E-state index contributed by atoms with van der Waals surface area (Å²) in [5, 5.41) is 9.58. The van der Waals surface area contributed by atoms with E-state index in [0.717, 1.165) is 41.0 Å². The lowest BCUT2D eigenvalue weighted by Gasteiger charge is -2.13. The molecule has 18 heteroatoms. The molecule has 9 nitrogen and oxygen atoms in total. The van der Waals surface area contributed by atoms with Crippen molar-refractivity contribution < 1.29 is 59.2 Å². The van der Waals surface area contributed by atoms with E-state index in [0.29, 0.717) is 16.7 Å². The maximum atomic E-state index is 12.9.